The highest BCUT2D eigenvalue weighted by Gasteiger charge is 2.17. The third-order valence-corrected chi connectivity index (χ3v) is 6.50. The van der Waals surface area contributed by atoms with Crippen molar-refractivity contribution < 1.29 is 0 Å². The van der Waals surface area contributed by atoms with Crippen LogP contribution in [-0.2, 0) is 6.42 Å². The number of pyridine rings is 1. The summed E-state index contributed by atoms with van der Waals surface area (Å²) in [6.45, 7) is 0. The van der Waals surface area contributed by atoms with Gasteiger partial charge in [0.05, 0.1) is 11.0 Å². The van der Waals surface area contributed by atoms with Crippen molar-refractivity contribution in [2.75, 3.05) is 0 Å². The lowest BCUT2D eigenvalue weighted by atomic mass is 9.89. The zero-order valence-corrected chi connectivity index (χ0v) is 17.4. The first-order chi connectivity index (χ1) is 14.3. The van der Waals surface area contributed by atoms with Crippen LogP contribution in [0.25, 0.3) is 49.8 Å². The summed E-state index contributed by atoms with van der Waals surface area (Å²) in [4.78, 5) is 5.26. The molecular formula is C27H18BrN. The third kappa shape index (κ3) is 2.63. The van der Waals surface area contributed by atoms with E-state index in [1.165, 1.54) is 43.8 Å². The van der Waals surface area contributed by atoms with Crippen molar-refractivity contribution in [2.45, 2.75) is 12.8 Å². The van der Waals surface area contributed by atoms with Gasteiger partial charge in [-0.15, -0.1) is 0 Å². The van der Waals surface area contributed by atoms with E-state index >= 15 is 0 Å². The zero-order chi connectivity index (χ0) is 19.4. The van der Waals surface area contributed by atoms with Crippen molar-refractivity contribution in [3.8, 4) is 11.1 Å². The van der Waals surface area contributed by atoms with Crippen LogP contribution in [0.1, 0.15) is 17.5 Å². The molecule has 1 aromatic heterocycles. The lowest BCUT2D eigenvalue weighted by molar-refractivity contribution is 0.988. The molecule has 1 nitrogen and oxygen atoms in total. The number of aromatic nitrogens is 1. The molecule has 5 aromatic rings. The second-order valence-electron chi connectivity index (χ2n) is 7.65. The Kier molecular flexibility index (Phi) is 3.82. The molecule has 0 aliphatic heterocycles. The Morgan fingerprint density at radius 2 is 1.52 bits per heavy atom. The van der Waals surface area contributed by atoms with Gasteiger partial charge in [0.15, 0.2) is 0 Å². The average Bonchev–Trinajstić information content (AvgIpc) is 2.78. The van der Waals surface area contributed by atoms with Crippen molar-refractivity contribution in [2.24, 2.45) is 0 Å². The number of rotatable bonds is 1. The molecule has 6 rings (SSSR count). The zero-order valence-electron chi connectivity index (χ0n) is 15.8. The highest BCUT2D eigenvalue weighted by molar-refractivity contribution is 9.10. The minimum atomic E-state index is 1.08. The van der Waals surface area contributed by atoms with Crippen LogP contribution in [0.2, 0.25) is 0 Å². The molecular weight excluding hydrogens is 418 g/mol. The maximum Gasteiger partial charge on any atom is 0.0794 e. The Morgan fingerprint density at radius 3 is 2.41 bits per heavy atom. The summed E-state index contributed by atoms with van der Waals surface area (Å²) >= 11 is 3.58. The lowest BCUT2D eigenvalue weighted by Gasteiger charge is -2.18. The average molecular weight is 436 g/mol. The van der Waals surface area contributed by atoms with Gasteiger partial charge in [0.25, 0.3) is 0 Å². The monoisotopic (exact) mass is 435 g/mol. The van der Waals surface area contributed by atoms with Gasteiger partial charge in [-0.2, -0.15) is 0 Å². The van der Waals surface area contributed by atoms with Gasteiger partial charge in [0.2, 0.25) is 0 Å². The van der Waals surface area contributed by atoms with Gasteiger partial charge in [-0.3, -0.25) is 0 Å². The van der Waals surface area contributed by atoms with Gasteiger partial charge in [-0.25, -0.2) is 4.98 Å². The van der Waals surface area contributed by atoms with E-state index in [-0.39, 0.29) is 0 Å². The molecule has 0 unspecified atom stereocenters. The number of halogens is 1. The first-order valence-electron chi connectivity index (χ1n) is 9.99. The molecule has 0 saturated carbocycles. The van der Waals surface area contributed by atoms with E-state index in [9.17, 15) is 0 Å². The summed E-state index contributed by atoms with van der Waals surface area (Å²) in [5, 5.41) is 4.87. The minimum absolute atomic E-state index is 1.08. The fourth-order valence-electron chi connectivity index (χ4n) is 4.58. The molecule has 0 radical (unpaired) electrons. The number of hydrogen-bond donors (Lipinski definition) is 0. The summed E-state index contributed by atoms with van der Waals surface area (Å²) < 4.78 is 1.09. The lowest BCUT2D eigenvalue weighted by Crippen LogP contribution is -1.98. The Bertz CT molecular complexity index is 1450. The molecule has 29 heavy (non-hydrogen) atoms. The summed E-state index contributed by atoms with van der Waals surface area (Å²) in [7, 11) is 0. The van der Waals surface area contributed by atoms with E-state index in [4.69, 9.17) is 4.98 Å². The predicted octanol–water partition coefficient (Wildman–Crippen LogP) is 7.93. The molecule has 1 aliphatic rings. The molecule has 0 spiro atoms. The van der Waals surface area contributed by atoms with Crippen LogP contribution in [0, 0.1) is 0 Å². The smallest absolute Gasteiger partial charge is 0.0794 e. The fourth-order valence-corrected chi connectivity index (χ4v) is 4.84. The Morgan fingerprint density at radius 1 is 0.724 bits per heavy atom. The maximum atomic E-state index is 5.26. The van der Waals surface area contributed by atoms with Crippen molar-refractivity contribution in [1.29, 1.82) is 0 Å². The van der Waals surface area contributed by atoms with Gasteiger partial charge in [-0.1, -0.05) is 88.7 Å². The van der Waals surface area contributed by atoms with Crippen LogP contribution in [-0.4, -0.2) is 4.98 Å². The van der Waals surface area contributed by atoms with Gasteiger partial charge in [0, 0.05) is 31.8 Å². The number of fused-ring (bicyclic) bond motifs is 6. The number of hydrogen-bond acceptors (Lipinski definition) is 1. The maximum absolute atomic E-state index is 5.26. The molecule has 4 aromatic carbocycles. The number of aryl methyl sites for hydroxylation is 1. The van der Waals surface area contributed by atoms with Gasteiger partial charge >= 0.3 is 0 Å². The largest absolute Gasteiger partial charge is 0.246 e. The first-order valence-corrected chi connectivity index (χ1v) is 10.8. The van der Waals surface area contributed by atoms with E-state index in [0.717, 1.165) is 28.3 Å². The first kappa shape index (κ1) is 16.9. The van der Waals surface area contributed by atoms with E-state index in [1.807, 2.05) is 0 Å². The molecule has 0 bridgehead atoms. The third-order valence-electron chi connectivity index (χ3n) is 5.97. The Hall–Kier alpha value is -2.97. The van der Waals surface area contributed by atoms with Crippen LogP contribution in [0.4, 0.5) is 0 Å². The van der Waals surface area contributed by atoms with Crippen molar-refractivity contribution in [3.05, 3.63) is 94.5 Å². The SMILES string of the molecule is Brc1ccc(-c2c3ccc4c(c3nc3c2ccc2ccccc23)C=CCC4)cc1. The molecule has 0 atom stereocenters. The van der Waals surface area contributed by atoms with Crippen LogP contribution in [0.3, 0.4) is 0 Å². The Labute approximate surface area is 177 Å². The van der Waals surface area contributed by atoms with Gasteiger partial charge < -0.3 is 0 Å². The number of benzene rings is 4. The van der Waals surface area contributed by atoms with E-state index in [0.29, 0.717) is 0 Å². The molecule has 1 aliphatic carbocycles. The minimum Gasteiger partial charge on any atom is -0.246 e. The van der Waals surface area contributed by atoms with Crippen LogP contribution < -0.4 is 0 Å². The standard InChI is InChI=1S/C27H18BrN/c28-20-13-9-19(10-14-20)25-23-15-11-17-5-1-3-7-21(17)26(23)29-27-22-8-4-2-6-18(22)12-16-24(25)27/h1,3-5,7-16H,2,6H2. The summed E-state index contributed by atoms with van der Waals surface area (Å²) in [5.41, 5.74) is 7.36. The highest BCUT2D eigenvalue weighted by Crippen LogP contribution is 2.40. The van der Waals surface area contributed by atoms with Crippen LogP contribution >= 0.6 is 15.9 Å². The highest BCUT2D eigenvalue weighted by atomic mass is 79.9. The second-order valence-corrected chi connectivity index (χ2v) is 8.57. The predicted molar refractivity (Wildman–Crippen MR) is 127 cm³/mol. The van der Waals surface area contributed by atoms with Crippen molar-refractivity contribution in [1.82, 2.24) is 4.98 Å². The van der Waals surface area contributed by atoms with Crippen LogP contribution in [0.5, 0.6) is 0 Å². The van der Waals surface area contributed by atoms with E-state index in [2.05, 4.69) is 101 Å². The van der Waals surface area contributed by atoms with Crippen LogP contribution in [0.15, 0.2) is 83.3 Å². The number of nitrogens with zero attached hydrogens (tertiary/aromatic N) is 1. The Balaban J connectivity index is 1.85. The fraction of sp³-hybridized carbons (Fsp3) is 0.0741. The molecule has 2 heteroatoms. The number of allylic oxidation sites excluding steroid dienone is 1. The molecule has 0 amide bonds. The molecule has 0 N–H and O–H groups in total. The summed E-state index contributed by atoms with van der Waals surface area (Å²) in [5.74, 6) is 0. The molecule has 0 fully saturated rings. The van der Waals surface area contributed by atoms with Gasteiger partial charge in [0.1, 0.15) is 0 Å². The van der Waals surface area contributed by atoms with Gasteiger partial charge in [-0.05, 0) is 41.5 Å². The molecule has 1 heterocycles. The summed E-state index contributed by atoms with van der Waals surface area (Å²) in [6, 6.07) is 26.2. The van der Waals surface area contributed by atoms with Crippen molar-refractivity contribution >= 4 is 54.6 Å². The van der Waals surface area contributed by atoms with E-state index in [1.54, 1.807) is 0 Å². The normalized spacial score (nSPS) is 13.3. The molecule has 0 saturated heterocycles. The topological polar surface area (TPSA) is 12.9 Å². The summed E-state index contributed by atoms with van der Waals surface area (Å²) in [6.07, 6.45) is 6.73. The quantitative estimate of drug-likeness (QED) is 0.192. The van der Waals surface area contributed by atoms with Crippen molar-refractivity contribution in [3.63, 3.8) is 0 Å². The molecule has 138 valence electrons. The van der Waals surface area contributed by atoms with E-state index < -0.39 is 0 Å². The second kappa shape index (κ2) is 6.53.